The van der Waals surface area contributed by atoms with E-state index in [9.17, 15) is 9.18 Å². The van der Waals surface area contributed by atoms with Gasteiger partial charge in [-0.15, -0.1) is 0 Å². The molecule has 0 radical (unpaired) electrons. The van der Waals surface area contributed by atoms with Gasteiger partial charge in [-0.2, -0.15) is 0 Å². The predicted molar refractivity (Wildman–Crippen MR) is 69.9 cm³/mol. The first kappa shape index (κ1) is 13.2. The minimum absolute atomic E-state index is 0.0944. The number of Topliss-reactive ketones (excluding diaryl/α,β-unsaturated/α-hetero) is 1. The van der Waals surface area contributed by atoms with Gasteiger partial charge < -0.3 is 5.73 Å². The number of nitrogens with two attached hydrogens (primary N) is 1. The van der Waals surface area contributed by atoms with Gasteiger partial charge in [-0.05, 0) is 43.0 Å². The number of carbonyl (C=O) groups is 1. The molecule has 2 nitrogen and oxygen atoms in total. The van der Waals surface area contributed by atoms with Crippen LogP contribution >= 0.6 is 0 Å². The van der Waals surface area contributed by atoms with Crippen LogP contribution in [0.25, 0.3) is 0 Å². The van der Waals surface area contributed by atoms with Crippen LogP contribution in [0.1, 0.15) is 43.2 Å². The first-order valence-corrected chi connectivity index (χ1v) is 6.58. The van der Waals surface area contributed by atoms with Crippen molar-refractivity contribution in [3.63, 3.8) is 0 Å². The summed E-state index contributed by atoms with van der Waals surface area (Å²) in [4.78, 5) is 12.3. The Kier molecular flexibility index (Phi) is 3.81. The third kappa shape index (κ3) is 2.78. The van der Waals surface area contributed by atoms with Gasteiger partial charge in [0.1, 0.15) is 5.82 Å². The van der Waals surface area contributed by atoms with Gasteiger partial charge in [0, 0.05) is 6.42 Å². The lowest BCUT2D eigenvalue weighted by atomic mass is 9.77. The van der Waals surface area contributed by atoms with Crippen LogP contribution < -0.4 is 5.73 Å². The molecule has 98 valence electrons. The van der Waals surface area contributed by atoms with Gasteiger partial charge in [-0.1, -0.05) is 25.3 Å². The van der Waals surface area contributed by atoms with Crippen molar-refractivity contribution in [1.29, 1.82) is 0 Å². The molecule has 0 amide bonds. The molecule has 1 aromatic rings. The van der Waals surface area contributed by atoms with Crippen LogP contribution in [0.5, 0.6) is 0 Å². The minimum atomic E-state index is -0.654. The third-order valence-corrected chi connectivity index (χ3v) is 3.96. The van der Waals surface area contributed by atoms with E-state index in [0.717, 1.165) is 36.8 Å². The standard InChI is InChI=1S/C15H20FNO/c1-11-9-13(16)6-5-12(11)10-14(18)15(17)7-3-2-4-8-15/h5-6,9H,2-4,7-8,10,17H2,1H3. The molecule has 2 N–H and O–H groups in total. The molecule has 1 fully saturated rings. The van der Waals surface area contributed by atoms with E-state index < -0.39 is 5.54 Å². The van der Waals surface area contributed by atoms with Crippen LogP contribution in [0.4, 0.5) is 4.39 Å². The van der Waals surface area contributed by atoms with Crippen LogP contribution in [0.2, 0.25) is 0 Å². The van der Waals surface area contributed by atoms with Gasteiger partial charge in [0.2, 0.25) is 0 Å². The second kappa shape index (κ2) is 5.19. The summed E-state index contributed by atoms with van der Waals surface area (Å²) < 4.78 is 13.0. The first-order valence-electron chi connectivity index (χ1n) is 6.58. The molecule has 2 rings (SSSR count). The highest BCUT2D eigenvalue weighted by atomic mass is 19.1. The topological polar surface area (TPSA) is 43.1 Å². The smallest absolute Gasteiger partial charge is 0.157 e. The molecule has 0 saturated heterocycles. The van der Waals surface area contributed by atoms with Gasteiger partial charge in [0.05, 0.1) is 5.54 Å². The summed E-state index contributed by atoms with van der Waals surface area (Å²) in [6.07, 6.45) is 5.12. The Labute approximate surface area is 107 Å². The summed E-state index contributed by atoms with van der Waals surface area (Å²) in [5.41, 5.74) is 7.26. The molecule has 0 atom stereocenters. The number of aryl methyl sites for hydroxylation is 1. The summed E-state index contributed by atoms with van der Waals surface area (Å²) in [5, 5.41) is 0. The molecule has 0 spiro atoms. The largest absolute Gasteiger partial charge is 0.319 e. The zero-order chi connectivity index (χ0) is 13.2. The molecule has 0 unspecified atom stereocenters. The predicted octanol–water partition coefficient (Wildman–Crippen LogP) is 2.91. The highest BCUT2D eigenvalue weighted by molar-refractivity contribution is 5.90. The van der Waals surface area contributed by atoms with Crippen LogP contribution in [-0.2, 0) is 11.2 Å². The average Bonchev–Trinajstić information content (AvgIpc) is 2.33. The number of rotatable bonds is 3. The average molecular weight is 249 g/mol. The van der Waals surface area contributed by atoms with E-state index in [-0.39, 0.29) is 11.6 Å². The van der Waals surface area contributed by atoms with Gasteiger partial charge in [0.25, 0.3) is 0 Å². The van der Waals surface area contributed by atoms with Crippen molar-refractivity contribution in [1.82, 2.24) is 0 Å². The van der Waals surface area contributed by atoms with Gasteiger partial charge in [-0.25, -0.2) is 4.39 Å². The van der Waals surface area contributed by atoms with Crippen molar-refractivity contribution in [2.45, 2.75) is 51.0 Å². The maximum atomic E-state index is 13.0. The normalized spacial score (nSPS) is 18.6. The van der Waals surface area contributed by atoms with Crippen molar-refractivity contribution >= 4 is 5.78 Å². The number of hydrogen-bond acceptors (Lipinski definition) is 2. The number of carbonyl (C=O) groups excluding carboxylic acids is 1. The Morgan fingerprint density at radius 2 is 2.00 bits per heavy atom. The molecule has 3 heteroatoms. The Balaban J connectivity index is 2.11. The molecule has 18 heavy (non-hydrogen) atoms. The highest BCUT2D eigenvalue weighted by Crippen LogP contribution is 2.28. The number of hydrogen-bond donors (Lipinski definition) is 1. The Morgan fingerprint density at radius 3 is 2.61 bits per heavy atom. The summed E-state index contributed by atoms with van der Waals surface area (Å²) in [6, 6.07) is 4.56. The lowest BCUT2D eigenvalue weighted by molar-refractivity contribution is -0.124. The molecule has 0 aromatic heterocycles. The van der Waals surface area contributed by atoms with E-state index in [0.29, 0.717) is 6.42 Å². The molecule has 0 heterocycles. The van der Waals surface area contributed by atoms with Crippen molar-refractivity contribution < 1.29 is 9.18 Å². The van der Waals surface area contributed by atoms with Crippen molar-refractivity contribution in [3.05, 3.63) is 35.1 Å². The summed E-state index contributed by atoms with van der Waals surface area (Å²) in [6.45, 7) is 1.83. The lowest BCUT2D eigenvalue weighted by Gasteiger charge is -2.32. The Morgan fingerprint density at radius 1 is 1.33 bits per heavy atom. The van der Waals surface area contributed by atoms with Crippen LogP contribution in [0, 0.1) is 12.7 Å². The SMILES string of the molecule is Cc1cc(F)ccc1CC(=O)C1(N)CCCCC1. The molecule has 1 aromatic carbocycles. The zero-order valence-corrected chi connectivity index (χ0v) is 10.8. The van der Waals surface area contributed by atoms with Crippen molar-refractivity contribution in [2.75, 3.05) is 0 Å². The van der Waals surface area contributed by atoms with Crippen LogP contribution in [0.3, 0.4) is 0 Å². The molecule has 1 aliphatic carbocycles. The van der Waals surface area contributed by atoms with E-state index in [4.69, 9.17) is 5.73 Å². The lowest BCUT2D eigenvalue weighted by Crippen LogP contribution is -2.50. The van der Waals surface area contributed by atoms with Crippen LogP contribution in [-0.4, -0.2) is 11.3 Å². The van der Waals surface area contributed by atoms with Gasteiger partial charge in [-0.3, -0.25) is 4.79 Å². The zero-order valence-electron chi connectivity index (χ0n) is 10.8. The highest BCUT2D eigenvalue weighted by Gasteiger charge is 2.34. The number of ketones is 1. The number of benzene rings is 1. The fourth-order valence-corrected chi connectivity index (χ4v) is 2.67. The number of halogens is 1. The van der Waals surface area contributed by atoms with E-state index >= 15 is 0 Å². The maximum absolute atomic E-state index is 13.0. The van der Waals surface area contributed by atoms with E-state index in [1.807, 2.05) is 6.92 Å². The summed E-state index contributed by atoms with van der Waals surface area (Å²) in [7, 11) is 0. The monoisotopic (exact) mass is 249 g/mol. The summed E-state index contributed by atoms with van der Waals surface area (Å²) >= 11 is 0. The molecule has 0 aliphatic heterocycles. The molecular weight excluding hydrogens is 229 g/mol. The molecule has 0 bridgehead atoms. The molecule has 1 saturated carbocycles. The van der Waals surface area contributed by atoms with E-state index in [1.54, 1.807) is 6.07 Å². The Hall–Kier alpha value is -1.22. The first-order chi connectivity index (χ1) is 8.51. The minimum Gasteiger partial charge on any atom is -0.319 e. The second-order valence-electron chi connectivity index (χ2n) is 5.39. The third-order valence-electron chi connectivity index (χ3n) is 3.96. The fraction of sp³-hybridized carbons (Fsp3) is 0.533. The fourth-order valence-electron chi connectivity index (χ4n) is 2.67. The van der Waals surface area contributed by atoms with Gasteiger partial charge in [0.15, 0.2) is 5.78 Å². The van der Waals surface area contributed by atoms with Gasteiger partial charge >= 0.3 is 0 Å². The van der Waals surface area contributed by atoms with E-state index in [1.165, 1.54) is 18.6 Å². The van der Waals surface area contributed by atoms with E-state index in [2.05, 4.69) is 0 Å². The summed E-state index contributed by atoms with van der Waals surface area (Å²) in [5.74, 6) is -0.166. The molecular formula is C15H20FNO. The van der Waals surface area contributed by atoms with Crippen molar-refractivity contribution in [3.8, 4) is 0 Å². The molecule has 1 aliphatic rings. The quantitative estimate of drug-likeness (QED) is 0.895. The second-order valence-corrected chi connectivity index (χ2v) is 5.39. The van der Waals surface area contributed by atoms with Crippen molar-refractivity contribution in [2.24, 2.45) is 5.73 Å². The maximum Gasteiger partial charge on any atom is 0.157 e. The Bertz CT molecular complexity index is 450. The van der Waals surface area contributed by atoms with Crippen LogP contribution in [0.15, 0.2) is 18.2 Å².